The first-order valence-corrected chi connectivity index (χ1v) is 11.7. The van der Waals surface area contributed by atoms with Gasteiger partial charge >= 0.3 is 5.97 Å². The number of aromatic nitrogens is 1. The van der Waals surface area contributed by atoms with Crippen molar-refractivity contribution < 1.29 is 14.3 Å². The zero-order chi connectivity index (χ0) is 23.4. The van der Waals surface area contributed by atoms with Gasteiger partial charge in [-0.15, -0.1) is 0 Å². The Bertz CT molecular complexity index is 1240. The van der Waals surface area contributed by atoms with Gasteiger partial charge in [-0.25, -0.2) is 4.79 Å². The summed E-state index contributed by atoms with van der Waals surface area (Å²) in [6.07, 6.45) is 5.42. The van der Waals surface area contributed by atoms with Crippen LogP contribution in [0.25, 0.3) is 10.9 Å². The average Bonchev–Trinajstić information content (AvgIpc) is 3.28. The summed E-state index contributed by atoms with van der Waals surface area (Å²) in [5.41, 5.74) is 3.93. The normalized spacial score (nSPS) is 23.6. The van der Waals surface area contributed by atoms with E-state index in [1.165, 1.54) is 13.5 Å². The summed E-state index contributed by atoms with van der Waals surface area (Å²) in [5, 5.41) is 1.05. The van der Waals surface area contributed by atoms with Crippen LogP contribution >= 0.6 is 0 Å². The van der Waals surface area contributed by atoms with E-state index < -0.39 is 0 Å². The van der Waals surface area contributed by atoms with Crippen LogP contribution in [-0.2, 0) is 11.3 Å². The Morgan fingerprint density at radius 2 is 1.85 bits per heavy atom. The number of methoxy groups -OCH3 is 1. The number of likely N-dealkylation sites (tertiary alicyclic amines) is 1. The lowest BCUT2D eigenvalue weighted by Gasteiger charge is -2.39. The fraction of sp³-hybridized carbons (Fsp3) is 0.429. The summed E-state index contributed by atoms with van der Waals surface area (Å²) in [4.78, 5) is 27.5. The molecule has 1 saturated heterocycles. The molecule has 1 amide bonds. The summed E-state index contributed by atoms with van der Waals surface area (Å²) < 4.78 is 6.98. The maximum Gasteiger partial charge on any atom is 0.337 e. The smallest absolute Gasteiger partial charge is 0.337 e. The molecule has 5 nitrogen and oxygen atoms in total. The van der Waals surface area contributed by atoms with Gasteiger partial charge in [0, 0.05) is 41.8 Å². The Hall–Kier alpha value is -3.08. The molecule has 5 heteroatoms. The maximum atomic E-state index is 13.5. The fourth-order valence-electron chi connectivity index (χ4n) is 6.45. The number of amides is 1. The first kappa shape index (κ1) is 21.7. The number of esters is 1. The highest BCUT2D eigenvalue weighted by molar-refractivity contribution is 5.98. The summed E-state index contributed by atoms with van der Waals surface area (Å²) >= 11 is 0. The van der Waals surface area contributed by atoms with Gasteiger partial charge in [0.05, 0.1) is 12.7 Å². The van der Waals surface area contributed by atoms with Crippen molar-refractivity contribution in [1.82, 2.24) is 9.47 Å². The van der Waals surface area contributed by atoms with Gasteiger partial charge in [-0.05, 0) is 72.1 Å². The molecule has 2 atom stereocenters. The average molecular weight is 445 g/mol. The molecule has 172 valence electrons. The first-order valence-electron chi connectivity index (χ1n) is 11.7. The van der Waals surface area contributed by atoms with E-state index in [0.29, 0.717) is 23.6 Å². The molecule has 2 unspecified atom stereocenters. The van der Waals surface area contributed by atoms with Gasteiger partial charge in [0.2, 0.25) is 0 Å². The number of benzene rings is 2. The van der Waals surface area contributed by atoms with Crippen LogP contribution in [0.1, 0.15) is 66.3 Å². The summed E-state index contributed by atoms with van der Waals surface area (Å²) in [5.74, 6) is -0.178. The van der Waals surface area contributed by atoms with Crippen molar-refractivity contribution in [3.8, 4) is 0 Å². The van der Waals surface area contributed by atoms with Gasteiger partial charge in [0.1, 0.15) is 0 Å². The lowest BCUT2D eigenvalue weighted by Crippen LogP contribution is -2.37. The molecule has 3 aromatic rings. The highest BCUT2D eigenvalue weighted by Gasteiger charge is 2.51. The zero-order valence-corrected chi connectivity index (χ0v) is 19.9. The Morgan fingerprint density at radius 1 is 1.03 bits per heavy atom. The zero-order valence-electron chi connectivity index (χ0n) is 19.9. The van der Waals surface area contributed by atoms with Gasteiger partial charge in [-0.1, -0.05) is 32.9 Å². The third-order valence-corrected chi connectivity index (χ3v) is 7.39. The second kappa shape index (κ2) is 7.75. The molecule has 1 saturated carbocycles. The lowest BCUT2D eigenvalue weighted by molar-refractivity contribution is 0.0600. The number of fused-ring (bicyclic) bond motifs is 3. The molecule has 2 bridgehead atoms. The molecule has 2 aromatic carbocycles. The van der Waals surface area contributed by atoms with E-state index >= 15 is 0 Å². The van der Waals surface area contributed by atoms with Crippen molar-refractivity contribution in [2.24, 2.45) is 10.8 Å². The molecular weight excluding hydrogens is 412 g/mol. The predicted molar refractivity (Wildman–Crippen MR) is 129 cm³/mol. The van der Waals surface area contributed by atoms with Gasteiger partial charge in [-0.2, -0.15) is 0 Å². The fourth-order valence-corrected chi connectivity index (χ4v) is 6.45. The third-order valence-electron chi connectivity index (χ3n) is 7.39. The molecule has 0 radical (unpaired) electrons. The summed E-state index contributed by atoms with van der Waals surface area (Å²) in [6, 6.07) is 15.9. The van der Waals surface area contributed by atoms with Crippen molar-refractivity contribution in [2.45, 2.75) is 52.6 Å². The Morgan fingerprint density at radius 3 is 2.64 bits per heavy atom. The van der Waals surface area contributed by atoms with Crippen molar-refractivity contribution in [3.05, 3.63) is 71.4 Å². The van der Waals surface area contributed by atoms with Crippen LogP contribution in [0.5, 0.6) is 0 Å². The van der Waals surface area contributed by atoms with E-state index in [9.17, 15) is 9.59 Å². The Kier molecular flexibility index (Phi) is 5.11. The van der Waals surface area contributed by atoms with Crippen molar-refractivity contribution in [1.29, 1.82) is 0 Å². The van der Waals surface area contributed by atoms with E-state index in [1.54, 1.807) is 6.07 Å². The topological polar surface area (TPSA) is 51.5 Å². The molecule has 1 aromatic heterocycles. The van der Waals surface area contributed by atoms with Crippen molar-refractivity contribution in [2.75, 3.05) is 13.7 Å². The number of hydrogen-bond donors (Lipinski definition) is 0. The molecule has 5 rings (SSSR count). The molecule has 1 aliphatic carbocycles. The number of carbonyl (C=O) groups excluding carboxylic acids is 2. The molecule has 0 spiro atoms. The molecule has 1 aliphatic heterocycles. The van der Waals surface area contributed by atoms with Crippen LogP contribution in [0, 0.1) is 10.8 Å². The lowest BCUT2D eigenvalue weighted by atomic mass is 9.65. The van der Waals surface area contributed by atoms with Crippen molar-refractivity contribution in [3.63, 3.8) is 0 Å². The van der Waals surface area contributed by atoms with E-state index in [-0.39, 0.29) is 17.3 Å². The number of carbonyl (C=O) groups is 2. The summed E-state index contributed by atoms with van der Waals surface area (Å²) in [7, 11) is 1.39. The molecule has 2 heterocycles. The largest absolute Gasteiger partial charge is 0.465 e. The first-order chi connectivity index (χ1) is 15.7. The molecule has 0 N–H and O–H groups in total. The molecule has 33 heavy (non-hydrogen) atoms. The quantitative estimate of drug-likeness (QED) is 0.498. The molecule has 2 aliphatic rings. The van der Waals surface area contributed by atoms with E-state index in [1.807, 2.05) is 42.6 Å². The highest BCUT2D eigenvalue weighted by atomic mass is 16.5. The number of ether oxygens (including phenoxy) is 1. The van der Waals surface area contributed by atoms with Gasteiger partial charge in [-0.3, -0.25) is 4.79 Å². The van der Waals surface area contributed by atoms with E-state index in [0.717, 1.165) is 41.4 Å². The number of hydrogen-bond acceptors (Lipinski definition) is 3. The van der Waals surface area contributed by atoms with Crippen LogP contribution in [0.3, 0.4) is 0 Å². The second-order valence-electron chi connectivity index (χ2n) is 11.1. The van der Waals surface area contributed by atoms with Crippen molar-refractivity contribution >= 4 is 22.8 Å². The Labute approximate surface area is 195 Å². The minimum atomic E-state index is -0.332. The SMILES string of the molecule is COC(=O)c1cccc(Cn2ccc3cc(C(=O)N4CC5(C)CC4CC(C)(C)C5)ccc32)c1. The third kappa shape index (κ3) is 4.05. The number of nitrogens with zero attached hydrogens (tertiary/aromatic N) is 2. The number of rotatable bonds is 4. The van der Waals surface area contributed by atoms with Crippen LogP contribution in [0.2, 0.25) is 0 Å². The maximum absolute atomic E-state index is 13.5. The molecular formula is C28H32N2O3. The van der Waals surface area contributed by atoms with Crippen LogP contribution in [-0.4, -0.2) is 41.0 Å². The van der Waals surface area contributed by atoms with Gasteiger partial charge in [0.15, 0.2) is 0 Å². The second-order valence-corrected chi connectivity index (χ2v) is 11.1. The van der Waals surface area contributed by atoms with Crippen LogP contribution < -0.4 is 0 Å². The minimum absolute atomic E-state index is 0.154. The highest BCUT2D eigenvalue weighted by Crippen LogP contribution is 2.52. The Balaban J connectivity index is 1.38. The minimum Gasteiger partial charge on any atom is -0.465 e. The van der Waals surface area contributed by atoms with Crippen LogP contribution in [0.4, 0.5) is 0 Å². The summed E-state index contributed by atoms with van der Waals surface area (Å²) in [6.45, 7) is 8.51. The predicted octanol–water partition coefficient (Wildman–Crippen LogP) is 5.52. The van der Waals surface area contributed by atoms with E-state index in [4.69, 9.17) is 4.74 Å². The van der Waals surface area contributed by atoms with Gasteiger partial charge < -0.3 is 14.2 Å². The van der Waals surface area contributed by atoms with Crippen LogP contribution in [0.15, 0.2) is 54.7 Å². The standard InChI is InChI=1S/C28H32N2O3/c1-27(2)14-23-15-28(3,17-27)18-30(23)25(31)21-8-9-24-20(13-21)10-11-29(24)16-19-6-5-7-22(12-19)26(32)33-4/h5-13,23H,14-18H2,1-4H3. The molecule has 2 fully saturated rings. The monoisotopic (exact) mass is 444 g/mol. The van der Waals surface area contributed by atoms with Gasteiger partial charge in [0.25, 0.3) is 5.91 Å². The van der Waals surface area contributed by atoms with E-state index in [2.05, 4.69) is 36.3 Å².